The van der Waals surface area contributed by atoms with Crippen molar-refractivity contribution in [2.45, 2.75) is 38.6 Å². The normalized spacial score (nSPS) is 28.4. The topological polar surface area (TPSA) is 64.3 Å². The zero-order chi connectivity index (χ0) is 15.0. The smallest absolute Gasteiger partial charge is 0.251 e. The van der Waals surface area contributed by atoms with Gasteiger partial charge < -0.3 is 15.8 Å². The first-order chi connectivity index (χ1) is 10.1. The van der Waals surface area contributed by atoms with Crippen LogP contribution in [0.2, 0.25) is 0 Å². The molecule has 4 nitrogen and oxygen atoms in total. The van der Waals surface area contributed by atoms with Crippen LogP contribution < -0.4 is 15.8 Å². The van der Waals surface area contributed by atoms with Gasteiger partial charge in [-0.05, 0) is 56.1 Å². The Labute approximate surface area is 126 Å². The summed E-state index contributed by atoms with van der Waals surface area (Å²) < 4.78 is 5.17. The Kier molecular flexibility index (Phi) is 3.79. The van der Waals surface area contributed by atoms with Crippen molar-refractivity contribution in [2.24, 2.45) is 17.8 Å². The number of ether oxygens (including phenoxy) is 1. The highest BCUT2D eigenvalue weighted by Crippen LogP contribution is 2.49. The van der Waals surface area contributed by atoms with Crippen LogP contribution in [-0.4, -0.2) is 19.1 Å². The minimum atomic E-state index is -0.0594. The number of carbonyl (C=O) groups excluding carboxylic acids is 1. The second-order valence-corrected chi connectivity index (χ2v) is 6.60. The number of nitrogen functional groups attached to an aromatic ring is 1. The molecule has 0 spiro atoms. The lowest BCUT2D eigenvalue weighted by molar-refractivity contribution is 0.0915. The molecular weight excluding hydrogens is 264 g/mol. The van der Waals surface area contributed by atoms with Gasteiger partial charge in [-0.2, -0.15) is 0 Å². The summed E-state index contributed by atoms with van der Waals surface area (Å²) in [5, 5.41) is 3.15. The van der Waals surface area contributed by atoms with Crippen LogP contribution >= 0.6 is 0 Å². The number of anilines is 1. The third-order valence-corrected chi connectivity index (χ3v) is 5.22. The Balaban J connectivity index is 1.67. The largest absolute Gasteiger partial charge is 0.497 e. The number of hydrogen-bond donors (Lipinski definition) is 2. The molecule has 21 heavy (non-hydrogen) atoms. The number of amides is 1. The Morgan fingerprint density at radius 3 is 2.76 bits per heavy atom. The predicted octanol–water partition coefficient (Wildman–Crippen LogP) is 2.83. The van der Waals surface area contributed by atoms with E-state index in [1.807, 2.05) is 0 Å². The summed E-state index contributed by atoms with van der Waals surface area (Å²) in [5.74, 6) is 2.90. The first-order valence-electron chi connectivity index (χ1n) is 7.82. The summed E-state index contributed by atoms with van der Waals surface area (Å²) >= 11 is 0. The zero-order valence-electron chi connectivity index (χ0n) is 12.8. The van der Waals surface area contributed by atoms with Crippen molar-refractivity contribution < 1.29 is 9.53 Å². The minimum Gasteiger partial charge on any atom is -0.497 e. The molecule has 2 aliphatic carbocycles. The van der Waals surface area contributed by atoms with E-state index in [-0.39, 0.29) is 11.9 Å². The second kappa shape index (κ2) is 5.58. The van der Waals surface area contributed by atoms with Gasteiger partial charge >= 0.3 is 0 Å². The molecule has 114 valence electrons. The van der Waals surface area contributed by atoms with Gasteiger partial charge in [0.2, 0.25) is 0 Å². The maximum absolute atomic E-state index is 12.4. The maximum Gasteiger partial charge on any atom is 0.251 e. The van der Waals surface area contributed by atoms with Gasteiger partial charge in [0.25, 0.3) is 5.91 Å². The number of methoxy groups -OCH3 is 1. The Morgan fingerprint density at radius 2 is 2.14 bits per heavy atom. The van der Waals surface area contributed by atoms with Gasteiger partial charge in [-0.25, -0.2) is 0 Å². The Bertz CT molecular complexity index is 544. The molecular formula is C17H24N2O2. The summed E-state index contributed by atoms with van der Waals surface area (Å²) in [7, 11) is 1.58. The Morgan fingerprint density at radius 1 is 1.33 bits per heavy atom. The number of benzene rings is 1. The molecule has 2 fully saturated rings. The van der Waals surface area contributed by atoms with Crippen LogP contribution in [0.15, 0.2) is 18.2 Å². The molecule has 4 atom stereocenters. The SMILES string of the molecule is COc1cc(N)cc(C(=O)NC(C)C2CC3CCC2C3)c1. The predicted molar refractivity (Wildman–Crippen MR) is 83.3 cm³/mol. The van der Waals surface area contributed by atoms with Gasteiger partial charge in [0.05, 0.1) is 7.11 Å². The Hall–Kier alpha value is -1.71. The number of fused-ring (bicyclic) bond motifs is 2. The summed E-state index contributed by atoms with van der Waals surface area (Å²) in [4.78, 5) is 12.4. The third kappa shape index (κ3) is 2.85. The van der Waals surface area contributed by atoms with Gasteiger partial charge in [-0.15, -0.1) is 0 Å². The standard InChI is InChI=1S/C17H24N2O2/c1-10(16-6-11-3-4-12(16)5-11)19-17(20)13-7-14(18)9-15(8-13)21-2/h7-12,16H,3-6,18H2,1-2H3,(H,19,20). The van der Waals surface area contributed by atoms with Crippen LogP contribution in [0.1, 0.15) is 43.0 Å². The molecule has 2 saturated carbocycles. The molecule has 0 heterocycles. The summed E-state index contributed by atoms with van der Waals surface area (Å²) in [6.07, 6.45) is 5.35. The number of hydrogen-bond acceptors (Lipinski definition) is 3. The fraction of sp³-hybridized carbons (Fsp3) is 0.588. The average Bonchev–Trinajstić information content (AvgIpc) is 3.09. The molecule has 3 rings (SSSR count). The third-order valence-electron chi connectivity index (χ3n) is 5.22. The lowest BCUT2D eigenvalue weighted by Gasteiger charge is -2.28. The highest BCUT2D eigenvalue weighted by molar-refractivity contribution is 5.95. The minimum absolute atomic E-state index is 0.0594. The van der Waals surface area contributed by atoms with E-state index in [4.69, 9.17) is 10.5 Å². The van der Waals surface area contributed by atoms with E-state index in [0.717, 1.165) is 11.8 Å². The van der Waals surface area contributed by atoms with E-state index in [1.165, 1.54) is 25.7 Å². The molecule has 4 unspecified atom stereocenters. The van der Waals surface area contributed by atoms with Crippen LogP contribution in [0, 0.1) is 17.8 Å². The summed E-state index contributed by atoms with van der Waals surface area (Å²) in [6.45, 7) is 2.13. The molecule has 0 saturated heterocycles. The van der Waals surface area contributed by atoms with Crippen LogP contribution in [0.5, 0.6) is 5.75 Å². The van der Waals surface area contributed by atoms with Crippen LogP contribution in [0.3, 0.4) is 0 Å². The number of nitrogens with two attached hydrogens (primary N) is 1. The van der Waals surface area contributed by atoms with Crippen molar-refractivity contribution in [3.8, 4) is 5.75 Å². The lowest BCUT2D eigenvalue weighted by Crippen LogP contribution is -2.40. The number of nitrogens with one attached hydrogen (secondary N) is 1. The van der Waals surface area contributed by atoms with Gasteiger partial charge in [-0.1, -0.05) is 6.42 Å². The van der Waals surface area contributed by atoms with Gasteiger partial charge in [0.1, 0.15) is 5.75 Å². The van der Waals surface area contributed by atoms with Crippen molar-refractivity contribution in [2.75, 3.05) is 12.8 Å². The van der Waals surface area contributed by atoms with E-state index in [1.54, 1.807) is 25.3 Å². The molecule has 0 radical (unpaired) electrons. The van der Waals surface area contributed by atoms with E-state index in [0.29, 0.717) is 22.9 Å². The lowest BCUT2D eigenvalue weighted by atomic mass is 9.84. The second-order valence-electron chi connectivity index (χ2n) is 6.60. The first-order valence-corrected chi connectivity index (χ1v) is 7.82. The molecule has 2 bridgehead atoms. The summed E-state index contributed by atoms with van der Waals surface area (Å²) in [6, 6.07) is 5.38. The quantitative estimate of drug-likeness (QED) is 0.837. The van der Waals surface area contributed by atoms with Gasteiger partial charge in [-0.3, -0.25) is 4.79 Å². The van der Waals surface area contributed by atoms with Crippen molar-refractivity contribution >= 4 is 11.6 Å². The monoisotopic (exact) mass is 288 g/mol. The van der Waals surface area contributed by atoms with E-state index >= 15 is 0 Å². The van der Waals surface area contributed by atoms with Crippen molar-refractivity contribution in [3.05, 3.63) is 23.8 Å². The van der Waals surface area contributed by atoms with E-state index in [9.17, 15) is 4.79 Å². The molecule has 1 aromatic carbocycles. The first kappa shape index (κ1) is 14.2. The maximum atomic E-state index is 12.4. The van der Waals surface area contributed by atoms with Crippen LogP contribution in [0.25, 0.3) is 0 Å². The molecule has 1 aromatic rings. The zero-order valence-corrected chi connectivity index (χ0v) is 12.8. The highest BCUT2D eigenvalue weighted by atomic mass is 16.5. The van der Waals surface area contributed by atoms with Crippen molar-refractivity contribution in [1.29, 1.82) is 0 Å². The molecule has 4 heteroatoms. The van der Waals surface area contributed by atoms with Crippen molar-refractivity contribution in [1.82, 2.24) is 5.32 Å². The van der Waals surface area contributed by atoms with Crippen LogP contribution in [0.4, 0.5) is 5.69 Å². The molecule has 0 aromatic heterocycles. The van der Waals surface area contributed by atoms with Gasteiger partial charge in [0, 0.05) is 23.4 Å². The van der Waals surface area contributed by atoms with Crippen molar-refractivity contribution in [3.63, 3.8) is 0 Å². The number of carbonyl (C=O) groups is 1. The number of rotatable bonds is 4. The molecule has 0 aliphatic heterocycles. The molecule has 3 N–H and O–H groups in total. The highest BCUT2D eigenvalue weighted by Gasteiger charge is 2.42. The average molecular weight is 288 g/mol. The van der Waals surface area contributed by atoms with Crippen LogP contribution in [-0.2, 0) is 0 Å². The summed E-state index contributed by atoms with van der Waals surface area (Å²) in [5.41, 5.74) is 6.93. The fourth-order valence-electron chi connectivity index (χ4n) is 4.17. The van der Waals surface area contributed by atoms with E-state index in [2.05, 4.69) is 12.2 Å². The molecule has 1 amide bonds. The van der Waals surface area contributed by atoms with Gasteiger partial charge in [0.15, 0.2) is 0 Å². The van der Waals surface area contributed by atoms with E-state index < -0.39 is 0 Å². The molecule has 2 aliphatic rings. The fourth-order valence-corrected chi connectivity index (χ4v) is 4.17.